The summed E-state index contributed by atoms with van der Waals surface area (Å²) in [6, 6.07) is 9.40. The van der Waals surface area contributed by atoms with Crippen LogP contribution in [0.2, 0.25) is 0 Å². The molecule has 0 aliphatic carbocycles. The number of hydrogen-bond donors (Lipinski definition) is 0. The second-order valence-electron chi connectivity index (χ2n) is 2.46. The minimum absolute atomic E-state index is 0.836. The van der Waals surface area contributed by atoms with E-state index in [0.717, 1.165) is 4.90 Å². The van der Waals surface area contributed by atoms with Crippen molar-refractivity contribution in [3.63, 3.8) is 0 Å². The predicted molar refractivity (Wildman–Crippen MR) is 56.8 cm³/mol. The lowest BCUT2D eigenvalue weighted by Gasteiger charge is -1.93. The molecule has 68 valence electrons. The molecule has 0 spiro atoms. The van der Waals surface area contributed by atoms with Crippen LogP contribution in [0.3, 0.4) is 0 Å². The molecule has 0 fully saturated rings. The molecule has 1 aromatic rings. The monoisotopic (exact) mass is 192 g/mol. The van der Waals surface area contributed by atoms with Crippen molar-refractivity contribution in [3.05, 3.63) is 54.0 Å². The molecule has 0 amide bonds. The van der Waals surface area contributed by atoms with Gasteiger partial charge in [-0.15, -0.1) is 0 Å². The maximum Gasteiger partial charge on any atom is 0.0775 e. The van der Waals surface area contributed by atoms with Gasteiger partial charge in [0, 0.05) is 10.3 Å². The van der Waals surface area contributed by atoms with Gasteiger partial charge in [-0.25, -0.2) is 4.21 Å². The standard InChI is InChI=1S/C11H12OS/c1-2-3-7-10-13(12)11-8-5-4-6-9-11/h2-10H,1H3/b3-2+,10-7+. The van der Waals surface area contributed by atoms with Crippen molar-refractivity contribution in [1.29, 1.82) is 0 Å². The first-order chi connectivity index (χ1) is 6.34. The minimum atomic E-state index is -1.02. The zero-order valence-electron chi connectivity index (χ0n) is 7.51. The van der Waals surface area contributed by atoms with Gasteiger partial charge in [0.05, 0.1) is 10.8 Å². The largest absolute Gasteiger partial charge is 0.250 e. The van der Waals surface area contributed by atoms with Crippen LogP contribution < -0.4 is 0 Å². The molecule has 0 saturated carbocycles. The third-order valence-electron chi connectivity index (χ3n) is 1.48. The molecule has 1 unspecified atom stereocenters. The lowest BCUT2D eigenvalue weighted by molar-refractivity contribution is 0.688. The maximum absolute atomic E-state index is 11.5. The lowest BCUT2D eigenvalue weighted by Crippen LogP contribution is -1.83. The van der Waals surface area contributed by atoms with Gasteiger partial charge >= 0.3 is 0 Å². The van der Waals surface area contributed by atoms with E-state index < -0.39 is 10.8 Å². The van der Waals surface area contributed by atoms with Gasteiger partial charge in [0.1, 0.15) is 0 Å². The Morgan fingerprint density at radius 1 is 1.15 bits per heavy atom. The van der Waals surface area contributed by atoms with E-state index in [4.69, 9.17) is 0 Å². The molecule has 1 rings (SSSR count). The summed E-state index contributed by atoms with van der Waals surface area (Å²) in [6.07, 6.45) is 5.56. The minimum Gasteiger partial charge on any atom is -0.250 e. The van der Waals surface area contributed by atoms with E-state index in [9.17, 15) is 4.21 Å². The van der Waals surface area contributed by atoms with Crippen LogP contribution in [0.15, 0.2) is 58.9 Å². The van der Waals surface area contributed by atoms with Gasteiger partial charge in [-0.2, -0.15) is 0 Å². The zero-order chi connectivity index (χ0) is 9.52. The maximum atomic E-state index is 11.5. The van der Waals surface area contributed by atoms with Gasteiger partial charge < -0.3 is 0 Å². The van der Waals surface area contributed by atoms with E-state index in [-0.39, 0.29) is 0 Å². The molecule has 1 atom stereocenters. The van der Waals surface area contributed by atoms with E-state index in [1.54, 1.807) is 11.5 Å². The van der Waals surface area contributed by atoms with Crippen molar-refractivity contribution >= 4 is 10.8 Å². The summed E-state index contributed by atoms with van der Waals surface area (Å²) >= 11 is 0. The van der Waals surface area contributed by atoms with Crippen LogP contribution >= 0.6 is 0 Å². The highest BCUT2D eigenvalue weighted by atomic mass is 32.2. The van der Waals surface area contributed by atoms with Crippen molar-refractivity contribution in [2.75, 3.05) is 0 Å². The van der Waals surface area contributed by atoms with Crippen LogP contribution in [0.1, 0.15) is 6.92 Å². The highest BCUT2D eigenvalue weighted by Crippen LogP contribution is 2.05. The third kappa shape index (κ3) is 3.38. The second-order valence-corrected chi connectivity index (χ2v) is 3.80. The van der Waals surface area contributed by atoms with Gasteiger partial charge in [-0.1, -0.05) is 36.4 Å². The summed E-state index contributed by atoms with van der Waals surface area (Å²) in [7, 11) is -1.02. The average molecular weight is 192 g/mol. The summed E-state index contributed by atoms with van der Waals surface area (Å²) in [4.78, 5) is 0.836. The SMILES string of the molecule is C/C=C/C=C/S(=O)c1ccccc1. The van der Waals surface area contributed by atoms with Crippen LogP contribution in [-0.4, -0.2) is 4.21 Å². The summed E-state index contributed by atoms with van der Waals surface area (Å²) in [6.45, 7) is 1.93. The lowest BCUT2D eigenvalue weighted by atomic mass is 10.4. The van der Waals surface area contributed by atoms with E-state index in [1.807, 2.05) is 49.4 Å². The Morgan fingerprint density at radius 3 is 2.46 bits per heavy atom. The van der Waals surface area contributed by atoms with Crippen molar-refractivity contribution in [2.24, 2.45) is 0 Å². The van der Waals surface area contributed by atoms with Crippen LogP contribution in [-0.2, 0) is 10.8 Å². The first-order valence-electron chi connectivity index (χ1n) is 4.09. The average Bonchev–Trinajstić information content (AvgIpc) is 2.19. The molecule has 0 saturated heterocycles. The smallest absolute Gasteiger partial charge is 0.0775 e. The molecule has 0 heterocycles. The second kappa shape index (κ2) is 5.49. The van der Waals surface area contributed by atoms with Crippen LogP contribution in [0.25, 0.3) is 0 Å². The zero-order valence-corrected chi connectivity index (χ0v) is 8.33. The number of allylic oxidation sites excluding steroid dienone is 3. The molecule has 2 heteroatoms. The van der Waals surface area contributed by atoms with E-state index in [0.29, 0.717) is 0 Å². The Balaban J connectivity index is 2.70. The molecule has 1 aromatic carbocycles. The van der Waals surface area contributed by atoms with Crippen LogP contribution in [0, 0.1) is 0 Å². The summed E-state index contributed by atoms with van der Waals surface area (Å²) in [5, 5.41) is 1.68. The van der Waals surface area contributed by atoms with Gasteiger partial charge in [-0.05, 0) is 19.1 Å². The van der Waals surface area contributed by atoms with Gasteiger partial charge in [0.25, 0.3) is 0 Å². The van der Waals surface area contributed by atoms with E-state index >= 15 is 0 Å². The fourth-order valence-electron chi connectivity index (χ4n) is 0.861. The molecule has 0 aliphatic heterocycles. The van der Waals surface area contributed by atoms with Gasteiger partial charge in [-0.3, -0.25) is 0 Å². The Labute approximate surface area is 81.3 Å². The summed E-state index contributed by atoms with van der Waals surface area (Å²) in [5.74, 6) is 0. The van der Waals surface area contributed by atoms with E-state index in [1.165, 1.54) is 0 Å². The fourth-order valence-corrected chi connectivity index (χ4v) is 1.68. The molecule has 0 radical (unpaired) electrons. The fraction of sp³-hybridized carbons (Fsp3) is 0.0909. The van der Waals surface area contributed by atoms with Crippen LogP contribution in [0.5, 0.6) is 0 Å². The summed E-state index contributed by atoms with van der Waals surface area (Å²) in [5.41, 5.74) is 0. The number of rotatable bonds is 3. The predicted octanol–water partition coefficient (Wildman–Crippen LogP) is 2.88. The number of hydrogen-bond acceptors (Lipinski definition) is 1. The normalized spacial score (nSPS) is 13.9. The molecule has 0 aliphatic rings. The van der Waals surface area contributed by atoms with E-state index in [2.05, 4.69) is 0 Å². The van der Waals surface area contributed by atoms with Crippen molar-refractivity contribution in [3.8, 4) is 0 Å². The molecular weight excluding hydrogens is 180 g/mol. The Morgan fingerprint density at radius 2 is 1.85 bits per heavy atom. The third-order valence-corrected chi connectivity index (χ3v) is 2.62. The Bertz CT molecular complexity index is 325. The molecule has 0 bridgehead atoms. The number of benzene rings is 1. The first-order valence-corrected chi connectivity index (χ1v) is 5.31. The van der Waals surface area contributed by atoms with Crippen molar-refractivity contribution in [1.82, 2.24) is 0 Å². The van der Waals surface area contributed by atoms with Crippen molar-refractivity contribution < 1.29 is 4.21 Å². The Kier molecular flexibility index (Phi) is 4.19. The van der Waals surface area contributed by atoms with Crippen molar-refractivity contribution in [2.45, 2.75) is 11.8 Å². The van der Waals surface area contributed by atoms with Crippen LogP contribution in [0.4, 0.5) is 0 Å². The molecule has 0 N–H and O–H groups in total. The first kappa shape index (κ1) is 9.93. The Hall–Kier alpha value is -1.15. The summed E-state index contributed by atoms with van der Waals surface area (Å²) < 4.78 is 11.5. The topological polar surface area (TPSA) is 17.1 Å². The molecule has 13 heavy (non-hydrogen) atoms. The highest BCUT2D eigenvalue weighted by Gasteiger charge is 1.95. The molecular formula is C11H12OS. The molecule has 0 aromatic heterocycles. The van der Waals surface area contributed by atoms with Gasteiger partial charge in [0.15, 0.2) is 0 Å². The highest BCUT2D eigenvalue weighted by molar-refractivity contribution is 7.88. The van der Waals surface area contributed by atoms with Gasteiger partial charge in [0.2, 0.25) is 0 Å². The quantitative estimate of drug-likeness (QED) is 0.673. The molecule has 1 nitrogen and oxygen atoms in total.